The molecule has 0 spiro atoms. The first-order valence-electron chi connectivity index (χ1n) is 5.06. The summed E-state index contributed by atoms with van der Waals surface area (Å²) in [6.45, 7) is 4.54. The highest BCUT2D eigenvalue weighted by Crippen LogP contribution is 2.44. The second-order valence-electron chi connectivity index (χ2n) is 4.45. The third kappa shape index (κ3) is 1.99. The minimum absolute atomic E-state index is 0.611. The maximum absolute atomic E-state index is 4.47. The summed E-state index contributed by atoms with van der Waals surface area (Å²) in [6.07, 6.45) is 6.57. The summed E-state index contributed by atoms with van der Waals surface area (Å²) in [5, 5.41) is 3.47. The van der Waals surface area contributed by atoms with E-state index in [1.165, 1.54) is 37.9 Å². The van der Waals surface area contributed by atoms with Crippen molar-refractivity contribution in [2.24, 2.45) is 10.4 Å². The lowest BCUT2D eigenvalue weighted by atomic mass is 10.1. The smallest absolute Gasteiger partial charge is 0.0963 e. The summed E-state index contributed by atoms with van der Waals surface area (Å²) in [4.78, 5) is 4.47. The van der Waals surface area contributed by atoms with E-state index in [-0.39, 0.29) is 0 Å². The van der Waals surface area contributed by atoms with Gasteiger partial charge >= 0.3 is 0 Å². The van der Waals surface area contributed by atoms with Gasteiger partial charge in [-0.15, -0.1) is 0 Å². The van der Waals surface area contributed by atoms with Gasteiger partial charge in [0.25, 0.3) is 0 Å². The predicted molar refractivity (Wildman–Crippen MR) is 51.5 cm³/mol. The number of nitrogens with one attached hydrogen (secondary N) is 1. The van der Waals surface area contributed by atoms with Crippen molar-refractivity contribution in [2.45, 2.75) is 39.0 Å². The van der Waals surface area contributed by atoms with Crippen LogP contribution in [-0.2, 0) is 0 Å². The van der Waals surface area contributed by atoms with Crippen molar-refractivity contribution >= 4 is 5.84 Å². The number of amidine groups is 1. The minimum atomic E-state index is 0.611. The normalized spacial score (nSPS) is 26.2. The van der Waals surface area contributed by atoms with Crippen molar-refractivity contribution in [1.82, 2.24) is 5.32 Å². The molecular weight excluding hydrogens is 148 g/mol. The SMILES string of the molecule is CC1(CNC2=NCCCC2)CC1. The highest BCUT2D eigenvalue weighted by atomic mass is 15.0. The summed E-state index contributed by atoms with van der Waals surface area (Å²) in [5.41, 5.74) is 0.611. The van der Waals surface area contributed by atoms with E-state index < -0.39 is 0 Å². The van der Waals surface area contributed by atoms with E-state index in [9.17, 15) is 0 Å². The van der Waals surface area contributed by atoms with Crippen LogP contribution in [0.4, 0.5) is 0 Å². The van der Waals surface area contributed by atoms with Gasteiger partial charge in [-0.05, 0) is 31.1 Å². The highest BCUT2D eigenvalue weighted by molar-refractivity contribution is 5.82. The van der Waals surface area contributed by atoms with Crippen molar-refractivity contribution in [1.29, 1.82) is 0 Å². The Balaban J connectivity index is 1.75. The second-order valence-corrected chi connectivity index (χ2v) is 4.45. The Labute approximate surface area is 74.5 Å². The van der Waals surface area contributed by atoms with Crippen LogP contribution in [0.15, 0.2) is 4.99 Å². The molecule has 2 nitrogen and oxygen atoms in total. The van der Waals surface area contributed by atoms with Gasteiger partial charge in [-0.3, -0.25) is 4.99 Å². The molecule has 0 aromatic carbocycles. The van der Waals surface area contributed by atoms with E-state index >= 15 is 0 Å². The lowest BCUT2D eigenvalue weighted by molar-refractivity contribution is 0.547. The van der Waals surface area contributed by atoms with Gasteiger partial charge in [0.2, 0.25) is 0 Å². The lowest BCUT2D eigenvalue weighted by Crippen LogP contribution is -2.30. The average molecular weight is 166 g/mol. The molecule has 1 aliphatic heterocycles. The molecule has 1 saturated carbocycles. The number of rotatable bonds is 2. The zero-order chi connectivity index (χ0) is 8.44. The first-order valence-corrected chi connectivity index (χ1v) is 5.06. The Kier molecular flexibility index (Phi) is 2.07. The fraction of sp³-hybridized carbons (Fsp3) is 0.900. The molecule has 12 heavy (non-hydrogen) atoms. The topological polar surface area (TPSA) is 24.4 Å². The Morgan fingerprint density at radius 3 is 2.83 bits per heavy atom. The van der Waals surface area contributed by atoms with E-state index in [4.69, 9.17) is 0 Å². The third-order valence-corrected chi connectivity index (χ3v) is 2.95. The summed E-state index contributed by atoms with van der Waals surface area (Å²) >= 11 is 0. The maximum atomic E-state index is 4.47. The van der Waals surface area contributed by atoms with Gasteiger partial charge in [-0.1, -0.05) is 6.92 Å². The molecule has 0 amide bonds. The average Bonchev–Trinajstić information content (AvgIpc) is 2.84. The van der Waals surface area contributed by atoms with Crippen molar-refractivity contribution in [3.8, 4) is 0 Å². The van der Waals surface area contributed by atoms with Crippen molar-refractivity contribution in [2.75, 3.05) is 13.1 Å². The van der Waals surface area contributed by atoms with Crippen LogP contribution in [0.2, 0.25) is 0 Å². The Morgan fingerprint density at radius 2 is 2.25 bits per heavy atom. The molecular formula is C10H18N2. The molecule has 1 N–H and O–H groups in total. The molecule has 2 heteroatoms. The summed E-state index contributed by atoms with van der Waals surface area (Å²) < 4.78 is 0. The molecule has 0 aromatic heterocycles. The van der Waals surface area contributed by atoms with Gasteiger partial charge in [0.05, 0.1) is 5.84 Å². The molecule has 0 saturated heterocycles. The molecule has 0 atom stereocenters. The first kappa shape index (κ1) is 8.09. The van der Waals surface area contributed by atoms with E-state index in [0.29, 0.717) is 5.41 Å². The standard InChI is InChI=1S/C10H18N2/c1-10(5-6-10)8-12-9-4-2-3-7-11-9/h2-8H2,1H3,(H,11,12). The lowest BCUT2D eigenvalue weighted by Gasteiger charge is -2.16. The summed E-state index contributed by atoms with van der Waals surface area (Å²) in [5.74, 6) is 1.26. The van der Waals surface area contributed by atoms with Gasteiger partial charge in [0.1, 0.15) is 0 Å². The molecule has 68 valence electrons. The molecule has 2 rings (SSSR count). The monoisotopic (exact) mass is 166 g/mol. The van der Waals surface area contributed by atoms with Gasteiger partial charge in [-0.2, -0.15) is 0 Å². The van der Waals surface area contributed by atoms with E-state index in [2.05, 4.69) is 17.2 Å². The predicted octanol–water partition coefficient (Wildman–Crippen LogP) is 1.96. The molecule has 1 fully saturated rings. The summed E-state index contributed by atoms with van der Waals surface area (Å²) in [7, 11) is 0. The Hall–Kier alpha value is -0.530. The fourth-order valence-corrected chi connectivity index (χ4v) is 1.55. The van der Waals surface area contributed by atoms with Crippen LogP contribution in [0.1, 0.15) is 39.0 Å². The van der Waals surface area contributed by atoms with Crippen LogP contribution in [0.25, 0.3) is 0 Å². The quantitative estimate of drug-likeness (QED) is 0.666. The van der Waals surface area contributed by atoms with Crippen molar-refractivity contribution < 1.29 is 0 Å². The molecule has 0 unspecified atom stereocenters. The van der Waals surface area contributed by atoms with Gasteiger partial charge < -0.3 is 5.32 Å². The number of hydrogen-bond donors (Lipinski definition) is 1. The van der Waals surface area contributed by atoms with Crippen LogP contribution in [0.5, 0.6) is 0 Å². The Morgan fingerprint density at radius 1 is 1.42 bits per heavy atom. The minimum Gasteiger partial charge on any atom is -0.373 e. The van der Waals surface area contributed by atoms with Crippen LogP contribution < -0.4 is 5.32 Å². The zero-order valence-corrected chi connectivity index (χ0v) is 7.90. The van der Waals surface area contributed by atoms with Gasteiger partial charge in [0, 0.05) is 19.5 Å². The fourth-order valence-electron chi connectivity index (χ4n) is 1.55. The molecule has 1 heterocycles. The van der Waals surface area contributed by atoms with Crippen molar-refractivity contribution in [3.63, 3.8) is 0 Å². The van der Waals surface area contributed by atoms with E-state index in [1.807, 2.05) is 0 Å². The highest BCUT2D eigenvalue weighted by Gasteiger charge is 2.36. The zero-order valence-electron chi connectivity index (χ0n) is 7.90. The maximum Gasteiger partial charge on any atom is 0.0963 e. The van der Waals surface area contributed by atoms with Crippen molar-refractivity contribution in [3.05, 3.63) is 0 Å². The van der Waals surface area contributed by atoms with E-state index in [1.54, 1.807) is 0 Å². The van der Waals surface area contributed by atoms with Crippen LogP contribution in [0.3, 0.4) is 0 Å². The van der Waals surface area contributed by atoms with E-state index in [0.717, 1.165) is 13.1 Å². The van der Waals surface area contributed by atoms with Crippen LogP contribution >= 0.6 is 0 Å². The molecule has 0 radical (unpaired) electrons. The number of aliphatic imine (C=N–C) groups is 1. The second kappa shape index (κ2) is 3.08. The van der Waals surface area contributed by atoms with Crippen LogP contribution in [0, 0.1) is 5.41 Å². The molecule has 2 aliphatic rings. The Bertz CT molecular complexity index is 192. The van der Waals surface area contributed by atoms with Crippen LogP contribution in [-0.4, -0.2) is 18.9 Å². The third-order valence-electron chi connectivity index (χ3n) is 2.95. The largest absolute Gasteiger partial charge is 0.373 e. The number of hydrogen-bond acceptors (Lipinski definition) is 2. The molecule has 0 bridgehead atoms. The number of nitrogens with zero attached hydrogens (tertiary/aromatic N) is 1. The molecule has 1 aliphatic carbocycles. The summed E-state index contributed by atoms with van der Waals surface area (Å²) in [6, 6.07) is 0. The van der Waals surface area contributed by atoms with Gasteiger partial charge in [-0.25, -0.2) is 0 Å². The van der Waals surface area contributed by atoms with Gasteiger partial charge in [0.15, 0.2) is 0 Å². The first-order chi connectivity index (χ1) is 5.79. The molecule has 0 aromatic rings.